The maximum Gasteiger partial charge on any atom is 0.262 e. The maximum absolute atomic E-state index is 13.8. The summed E-state index contributed by atoms with van der Waals surface area (Å²) in [6, 6.07) is 9.69. The van der Waals surface area contributed by atoms with E-state index in [0.717, 1.165) is 12.0 Å². The van der Waals surface area contributed by atoms with Crippen molar-refractivity contribution in [2.45, 2.75) is 56.7 Å². The van der Waals surface area contributed by atoms with Crippen LogP contribution in [0.3, 0.4) is 0 Å². The molecule has 2 saturated heterocycles. The topological polar surface area (TPSA) is 29.3 Å². The minimum atomic E-state index is -2.56. The molecule has 0 radical (unpaired) electrons. The second-order valence-corrected chi connectivity index (χ2v) is 7.30. The minimum Gasteiger partial charge on any atom is -0.321 e. The molecule has 0 bridgehead atoms. The van der Waals surface area contributed by atoms with Crippen molar-refractivity contribution in [3.8, 4) is 0 Å². The highest BCUT2D eigenvalue weighted by molar-refractivity contribution is 5.26. The van der Waals surface area contributed by atoms with Crippen LogP contribution in [0.2, 0.25) is 0 Å². The highest BCUT2D eigenvalue weighted by atomic mass is 19.3. The predicted octanol–water partition coefficient (Wildman–Crippen LogP) is 3.89. The van der Waals surface area contributed by atoms with Crippen molar-refractivity contribution in [3.63, 3.8) is 0 Å². The van der Waals surface area contributed by atoms with Gasteiger partial charge >= 0.3 is 0 Å². The van der Waals surface area contributed by atoms with Crippen molar-refractivity contribution in [1.82, 2.24) is 4.90 Å². The van der Waals surface area contributed by atoms with Gasteiger partial charge in [-0.1, -0.05) is 42.0 Å². The third-order valence-electron chi connectivity index (χ3n) is 4.91. The molecule has 4 heteroatoms. The molecular weight excluding hydrogens is 282 g/mol. The summed E-state index contributed by atoms with van der Waals surface area (Å²) in [7, 11) is 0. The van der Waals surface area contributed by atoms with Crippen LogP contribution >= 0.6 is 0 Å². The first-order valence-electron chi connectivity index (χ1n) is 7.91. The summed E-state index contributed by atoms with van der Waals surface area (Å²) >= 11 is 0. The molecule has 2 atom stereocenters. The molecule has 3 rings (SSSR count). The number of piperidine rings is 1. The SMILES string of the molecule is CC1(C)CC(=CC(N)c2ccccc2)C[C@@H]2CC(F)(F)CN21. The van der Waals surface area contributed by atoms with Gasteiger partial charge in [0.15, 0.2) is 0 Å². The fourth-order valence-corrected chi connectivity index (χ4v) is 3.97. The van der Waals surface area contributed by atoms with Gasteiger partial charge in [-0.15, -0.1) is 0 Å². The molecule has 0 aromatic heterocycles. The molecule has 2 aliphatic rings. The summed E-state index contributed by atoms with van der Waals surface area (Å²) < 4.78 is 27.5. The standard InChI is InChI=1S/C18H24F2N2/c1-17(2)10-13(8-15-11-18(19,20)12-22(15)17)9-16(21)14-6-4-3-5-7-14/h3-7,9,15-16H,8,10-12,21H2,1-2H3/t15-,16?/m1/s1. The predicted molar refractivity (Wildman–Crippen MR) is 84.8 cm³/mol. The van der Waals surface area contributed by atoms with Gasteiger partial charge in [-0.05, 0) is 32.3 Å². The Kier molecular flexibility index (Phi) is 3.86. The Morgan fingerprint density at radius 1 is 1.27 bits per heavy atom. The molecule has 1 aromatic rings. The number of rotatable bonds is 2. The van der Waals surface area contributed by atoms with Gasteiger partial charge in [-0.3, -0.25) is 4.90 Å². The number of halogens is 2. The number of benzene rings is 1. The average Bonchev–Trinajstić information content (AvgIpc) is 2.74. The van der Waals surface area contributed by atoms with Crippen LogP contribution in [0.15, 0.2) is 42.0 Å². The molecule has 120 valence electrons. The Morgan fingerprint density at radius 3 is 2.64 bits per heavy atom. The van der Waals surface area contributed by atoms with Gasteiger partial charge in [0.25, 0.3) is 5.92 Å². The van der Waals surface area contributed by atoms with Gasteiger partial charge in [0.2, 0.25) is 0 Å². The molecule has 2 N–H and O–H groups in total. The van der Waals surface area contributed by atoms with E-state index in [9.17, 15) is 8.78 Å². The van der Waals surface area contributed by atoms with Crippen LogP contribution in [-0.2, 0) is 0 Å². The highest BCUT2D eigenvalue weighted by Gasteiger charge is 2.51. The van der Waals surface area contributed by atoms with Gasteiger partial charge in [0.05, 0.1) is 6.54 Å². The molecular formula is C18H24F2N2. The highest BCUT2D eigenvalue weighted by Crippen LogP contribution is 2.45. The van der Waals surface area contributed by atoms with Crippen LogP contribution in [0.5, 0.6) is 0 Å². The van der Waals surface area contributed by atoms with Gasteiger partial charge in [0, 0.05) is 24.0 Å². The molecule has 0 amide bonds. The Morgan fingerprint density at radius 2 is 1.95 bits per heavy atom. The third-order valence-corrected chi connectivity index (χ3v) is 4.91. The second-order valence-electron chi connectivity index (χ2n) is 7.30. The van der Waals surface area contributed by atoms with E-state index in [4.69, 9.17) is 5.73 Å². The zero-order valence-electron chi connectivity index (χ0n) is 13.2. The van der Waals surface area contributed by atoms with E-state index in [1.807, 2.05) is 35.2 Å². The van der Waals surface area contributed by atoms with Gasteiger partial charge < -0.3 is 5.73 Å². The summed E-state index contributed by atoms with van der Waals surface area (Å²) in [5.41, 5.74) is 8.31. The van der Waals surface area contributed by atoms with Crippen molar-refractivity contribution < 1.29 is 8.78 Å². The van der Waals surface area contributed by atoms with Gasteiger partial charge in [-0.25, -0.2) is 8.78 Å². The van der Waals surface area contributed by atoms with Crippen molar-refractivity contribution in [1.29, 1.82) is 0 Å². The zero-order chi connectivity index (χ0) is 16.0. The lowest BCUT2D eigenvalue weighted by Crippen LogP contribution is -2.51. The Balaban J connectivity index is 1.80. The smallest absolute Gasteiger partial charge is 0.262 e. The van der Waals surface area contributed by atoms with Crippen LogP contribution < -0.4 is 5.73 Å². The first-order chi connectivity index (χ1) is 10.3. The first kappa shape index (κ1) is 15.6. The molecule has 2 nitrogen and oxygen atoms in total. The van der Waals surface area contributed by atoms with E-state index in [2.05, 4.69) is 19.9 Å². The fraction of sp³-hybridized carbons (Fsp3) is 0.556. The van der Waals surface area contributed by atoms with Crippen molar-refractivity contribution in [2.75, 3.05) is 6.54 Å². The molecule has 1 unspecified atom stereocenters. The third kappa shape index (κ3) is 3.08. The Bertz CT molecular complexity index is 566. The summed E-state index contributed by atoms with van der Waals surface area (Å²) in [5, 5.41) is 0. The molecule has 22 heavy (non-hydrogen) atoms. The molecule has 1 aromatic carbocycles. The molecule has 0 spiro atoms. The number of nitrogens with two attached hydrogens (primary N) is 1. The molecule has 2 heterocycles. The molecule has 2 aliphatic heterocycles. The number of fused-ring (bicyclic) bond motifs is 1. The zero-order valence-corrected chi connectivity index (χ0v) is 13.2. The van der Waals surface area contributed by atoms with Crippen LogP contribution in [0.1, 0.15) is 44.7 Å². The van der Waals surface area contributed by atoms with E-state index in [1.165, 1.54) is 5.57 Å². The number of nitrogens with zero attached hydrogens (tertiary/aromatic N) is 1. The Hall–Kier alpha value is -1.26. The average molecular weight is 306 g/mol. The first-order valence-corrected chi connectivity index (χ1v) is 7.91. The lowest BCUT2D eigenvalue weighted by atomic mass is 9.82. The van der Waals surface area contributed by atoms with Crippen LogP contribution in [-0.4, -0.2) is 28.9 Å². The molecule has 0 saturated carbocycles. The largest absolute Gasteiger partial charge is 0.321 e. The monoisotopic (exact) mass is 306 g/mol. The molecule has 2 fully saturated rings. The van der Waals surface area contributed by atoms with E-state index in [0.29, 0.717) is 6.42 Å². The summed E-state index contributed by atoms with van der Waals surface area (Å²) in [6.45, 7) is 4.01. The van der Waals surface area contributed by atoms with Crippen LogP contribution in [0.25, 0.3) is 0 Å². The van der Waals surface area contributed by atoms with Crippen LogP contribution in [0, 0.1) is 0 Å². The van der Waals surface area contributed by atoms with E-state index < -0.39 is 5.92 Å². The van der Waals surface area contributed by atoms with Gasteiger partial charge in [-0.2, -0.15) is 0 Å². The van der Waals surface area contributed by atoms with E-state index in [1.54, 1.807) is 0 Å². The lowest BCUT2D eigenvalue weighted by molar-refractivity contribution is -0.00249. The maximum atomic E-state index is 13.8. The van der Waals surface area contributed by atoms with Crippen molar-refractivity contribution in [2.24, 2.45) is 5.73 Å². The lowest BCUT2D eigenvalue weighted by Gasteiger charge is -2.45. The quantitative estimate of drug-likeness (QED) is 0.840. The van der Waals surface area contributed by atoms with E-state index in [-0.39, 0.29) is 30.6 Å². The summed E-state index contributed by atoms with van der Waals surface area (Å²) in [5.74, 6) is -2.56. The summed E-state index contributed by atoms with van der Waals surface area (Å²) in [6.07, 6.45) is 3.55. The van der Waals surface area contributed by atoms with Crippen LogP contribution in [0.4, 0.5) is 8.78 Å². The number of alkyl halides is 2. The number of hydrogen-bond acceptors (Lipinski definition) is 2. The number of hydrogen-bond donors (Lipinski definition) is 1. The van der Waals surface area contributed by atoms with Gasteiger partial charge in [0.1, 0.15) is 0 Å². The normalized spacial score (nSPS) is 30.2. The van der Waals surface area contributed by atoms with Crippen molar-refractivity contribution >= 4 is 0 Å². The molecule has 0 aliphatic carbocycles. The second kappa shape index (κ2) is 5.43. The summed E-state index contributed by atoms with van der Waals surface area (Å²) in [4.78, 5) is 1.98. The fourth-order valence-electron chi connectivity index (χ4n) is 3.97. The van der Waals surface area contributed by atoms with Crippen molar-refractivity contribution in [3.05, 3.63) is 47.5 Å². The van der Waals surface area contributed by atoms with E-state index >= 15 is 0 Å². The minimum absolute atomic E-state index is 0.0334. The Labute approximate surface area is 131 Å².